The van der Waals surface area contributed by atoms with Crippen LogP contribution in [0.15, 0.2) is 54.9 Å². The summed E-state index contributed by atoms with van der Waals surface area (Å²) >= 11 is 0. The van der Waals surface area contributed by atoms with Gasteiger partial charge >= 0.3 is 0 Å². The van der Waals surface area contributed by atoms with E-state index in [1.165, 1.54) is 0 Å². The molecule has 1 unspecified atom stereocenters. The molecule has 1 saturated heterocycles. The second-order valence-corrected chi connectivity index (χ2v) is 9.51. The van der Waals surface area contributed by atoms with Crippen molar-refractivity contribution in [2.24, 2.45) is 5.92 Å². The Morgan fingerprint density at radius 2 is 1.97 bits per heavy atom. The summed E-state index contributed by atoms with van der Waals surface area (Å²) in [5.41, 5.74) is 3.91. The minimum atomic E-state index is -0.563. The standard InChI is InChI=1S/C28H30FN3O4/c1-17(32-9-8-19(12-29)15-32)16-35-26-14-30-24(13-31-26)28-27(20-4-3-5-21(33)10-20)18(2)23-11-22(34)6-7-25(23)36-28/h3-7,10-11,13-14,17,19,28,33-34H,8-9,12,15-16H2,1-2H3/t17-,19-,28?/m0/s1. The molecule has 0 bridgehead atoms. The van der Waals surface area contributed by atoms with Crippen molar-refractivity contribution in [1.29, 1.82) is 0 Å². The minimum Gasteiger partial charge on any atom is -0.508 e. The fourth-order valence-corrected chi connectivity index (χ4v) is 4.93. The zero-order valence-corrected chi connectivity index (χ0v) is 20.4. The van der Waals surface area contributed by atoms with Gasteiger partial charge in [0.15, 0.2) is 6.10 Å². The van der Waals surface area contributed by atoms with E-state index in [0.717, 1.165) is 41.8 Å². The highest BCUT2D eigenvalue weighted by atomic mass is 19.1. The summed E-state index contributed by atoms with van der Waals surface area (Å²) in [5.74, 6) is 1.45. The maximum atomic E-state index is 12.9. The van der Waals surface area contributed by atoms with Gasteiger partial charge in [-0.05, 0) is 68.3 Å². The number of hydrogen-bond acceptors (Lipinski definition) is 7. The number of alkyl halides is 1. The number of phenols is 2. The number of aromatic hydroxyl groups is 2. The molecule has 2 aliphatic heterocycles. The summed E-state index contributed by atoms with van der Waals surface area (Å²) in [6.07, 6.45) is 3.54. The number of aromatic nitrogens is 2. The van der Waals surface area contributed by atoms with Crippen LogP contribution < -0.4 is 9.47 Å². The Hall–Kier alpha value is -3.65. The lowest BCUT2D eigenvalue weighted by Crippen LogP contribution is -2.35. The molecule has 2 aromatic carbocycles. The number of halogens is 1. The molecule has 188 valence electrons. The number of benzene rings is 2. The second kappa shape index (κ2) is 10.1. The van der Waals surface area contributed by atoms with Crippen LogP contribution in [0.25, 0.3) is 11.1 Å². The molecule has 0 spiro atoms. The molecule has 2 aliphatic rings. The molecule has 2 N–H and O–H groups in total. The van der Waals surface area contributed by atoms with Crippen LogP contribution in [0.5, 0.6) is 23.1 Å². The van der Waals surface area contributed by atoms with E-state index in [2.05, 4.69) is 21.8 Å². The van der Waals surface area contributed by atoms with E-state index in [-0.39, 0.29) is 30.1 Å². The molecule has 3 heterocycles. The van der Waals surface area contributed by atoms with Gasteiger partial charge < -0.3 is 19.7 Å². The largest absolute Gasteiger partial charge is 0.508 e. The summed E-state index contributed by atoms with van der Waals surface area (Å²) in [5, 5.41) is 20.1. The van der Waals surface area contributed by atoms with Crippen LogP contribution in [0.3, 0.4) is 0 Å². The first kappa shape index (κ1) is 24.1. The first-order valence-corrected chi connectivity index (χ1v) is 12.2. The molecule has 0 amide bonds. The van der Waals surface area contributed by atoms with Crippen LogP contribution in [0.1, 0.15) is 43.2 Å². The Morgan fingerprint density at radius 1 is 1.14 bits per heavy atom. The number of allylic oxidation sites excluding steroid dienone is 1. The summed E-state index contributed by atoms with van der Waals surface area (Å²) in [6, 6.07) is 12.1. The van der Waals surface area contributed by atoms with Gasteiger partial charge in [0.2, 0.25) is 5.88 Å². The fourth-order valence-electron chi connectivity index (χ4n) is 4.93. The van der Waals surface area contributed by atoms with Gasteiger partial charge in [-0.15, -0.1) is 0 Å². The zero-order chi connectivity index (χ0) is 25.2. The van der Waals surface area contributed by atoms with Crippen molar-refractivity contribution >= 4 is 11.1 Å². The minimum absolute atomic E-state index is 0.119. The van der Waals surface area contributed by atoms with Crippen molar-refractivity contribution in [2.75, 3.05) is 26.4 Å². The van der Waals surface area contributed by atoms with Crippen LogP contribution in [0.2, 0.25) is 0 Å². The third-order valence-corrected chi connectivity index (χ3v) is 6.98. The molecule has 1 fully saturated rings. The Kier molecular flexibility index (Phi) is 6.78. The maximum absolute atomic E-state index is 12.9. The van der Waals surface area contributed by atoms with Gasteiger partial charge in [0.25, 0.3) is 0 Å². The smallest absolute Gasteiger partial charge is 0.232 e. The number of rotatable bonds is 7. The van der Waals surface area contributed by atoms with Crippen LogP contribution in [-0.2, 0) is 0 Å². The molecule has 0 saturated carbocycles. The molecule has 1 aromatic heterocycles. The Labute approximate surface area is 209 Å². The highest BCUT2D eigenvalue weighted by Crippen LogP contribution is 2.47. The molecular weight excluding hydrogens is 461 g/mol. The van der Waals surface area contributed by atoms with Gasteiger partial charge in [0.1, 0.15) is 29.5 Å². The van der Waals surface area contributed by atoms with E-state index in [1.54, 1.807) is 48.8 Å². The monoisotopic (exact) mass is 491 g/mol. The van der Waals surface area contributed by atoms with Gasteiger partial charge in [-0.25, -0.2) is 9.97 Å². The second-order valence-electron chi connectivity index (χ2n) is 9.51. The van der Waals surface area contributed by atoms with Crippen LogP contribution in [0.4, 0.5) is 4.39 Å². The molecule has 5 rings (SSSR count). The number of likely N-dealkylation sites (tertiary alicyclic amines) is 1. The van der Waals surface area contributed by atoms with Gasteiger partial charge in [-0.2, -0.15) is 0 Å². The predicted octanol–water partition coefficient (Wildman–Crippen LogP) is 5.01. The molecule has 3 aromatic rings. The highest BCUT2D eigenvalue weighted by Gasteiger charge is 2.31. The summed E-state index contributed by atoms with van der Waals surface area (Å²) < 4.78 is 25.2. The molecule has 7 nitrogen and oxygen atoms in total. The Balaban J connectivity index is 1.38. The lowest BCUT2D eigenvalue weighted by Gasteiger charge is -2.30. The maximum Gasteiger partial charge on any atom is 0.232 e. The van der Waals surface area contributed by atoms with Gasteiger partial charge in [-0.3, -0.25) is 9.29 Å². The molecule has 0 aliphatic carbocycles. The molecule has 36 heavy (non-hydrogen) atoms. The van der Waals surface area contributed by atoms with E-state index < -0.39 is 6.10 Å². The van der Waals surface area contributed by atoms with E-state index in [0.29, 0.717) is 23.9 Å². The van der Waals surface area contributed by atoms with Crippen molar-refractivity contribution in [2.45, 2.75) is 32.4 Å². The highest BCUT2D eigenvalue weighted by molar-refractivity contribution is 5.95. The number of hydrogen-bond donors (Lipinski definition) is 2. The van der Waals surface area contributed by atoms with Crippen molar-refractivity contribution in [3.05, 3.63) is 71.7 Å². The third-order valence-electron chi connectivity index (χ3n) is 6.98. The van der Waals surface area contributed by atoms with Gasteiger partial charge in [0, 0.05) is 29.6 Å². The van der Waals surface area contributed by atoms with Crippen molar-refractivity contribution < 1.29 is 24.1 Å². The van der Waals surface area contributed by atoms with Crippen LogP contribution in [-0.4, -0.2) is 57.5 Å². The topological polar surface area (TPSA) is 87.9 Å². The van der Waals surface area contributed by atoms with Crippen LogP contribution in [0, 0.1) is 5.92 Å². The van der Waals surface area contributed by atoms with Crippen LogP contribution >= 0.6 is 0 Å². The average Bonchev–Trinajstić information content (AvgIpc) is 3.37. The number of fused-ring (bicyclic) bond motifs is 1. The SMILES string of the molecule is CC1=C(c2cccc(O)c2)C(c2cnc(OC[C@H](C)N3CC[C@@H](CF)C3)cn2)Oc2ccc(O)cc21. The lowest BCUT2D eigenvalue weighted by molar-refractivity contribution is 0.161. The van der Waals surface area contributed by atoms with E-state index in [4.69, 9.17) is 9.47 Å². The third kappa shape index (κ3) is 4.86. The molecule has 0 radical (unpaired) electrons. The van der Waals surface area contributed by atoms with Crippen molar-refractivity contribution in [1.82, 2.24) is 14.9 Å². The van der Waals surface area contributed by atoms with Gasteiger partial charge in [0.05, 0.1) is 19.1 Å². The number of phenolic OH excluding ortho intramolecular Hbond substituents is 2. The first-order valence-electron chi connectivity index (χ1n) is 12.2. The molecule has 3 atom stereocenters. The van der Waals surface area contributed by atoms with E-state index in [9.17, 15) is 14.6 Å². The van der Waals surface area contributed by atoms with E-state index in [1.807, 2.05) is 13.0 Å². The van der Waals surface area contributed by atoms with E-state index >= 15 is 0 Å². The normalized spacial score (nSPS) is 20.6. The quantitative estimate of drug-likeness (QED) is 0.480. The number of nitrogens with zero attached hydrogens (tertiary/aromatic N) is 3. The Morgan fingerprint density at radius 3 is 2.69 bits per heavy atom. The average molecular weight is 492 g/mol. The van der Waals surface area contributed by atoms with Crippen molar-refractivity contribution in [3.63, 3.8) is 0 Å². The molecular formula is C28H30FN3O4. The summed E-state index contributed by atoms with van der Waals surface area (Å²) in [7, 11) is 0. The Bertz CT molecular complexity index is 1260. The number of ether oxygens (including phenoxy) is 2. The lowest BCUT2D eigenvalue weighted by atomic mass is 9.87. The predicted molar refractivity (Wildman–Crippen MR) is 135 cm³/mol. The fraction of sp³-hybridized carbons (Fsp3) is 0.357. The van der Waals surface area contributed by atoms with Crippen molar-refractivity contribution in [3.8, 4) is 23.1 Å². The molecule has 8 heteroatoms. The summed E-state index contributed by atoms with van der Waals surface area (Å²) in [6.45, 7) is 5.84. The van der Waals surface area contributed by atoms with Gasteiger partial charge in [-0.1, -0.05) is 12.1 Å². The first-order chi connectivity index (χ1) is 17.4. The summed E-state index contributed by atoms with van der Waals surface area (Å²) in [4.78, 5) is 11.3. The zero-order valence-electron chi connectivity index (χ0n) is 20.4.